The van der Waals surface area contributed by atoms with Crippen molar-refractivity contribution in [2.75, 3.05) is 31.2 Å². The predicted octanol–water partition coefficient (Wildman–Crippen LogP) is 4.26. The first kappa shape index (κ1) is 34.0. The quantitative estimate of drug-likeness (QED) is 0.203. The van der Waals surface area contributed by atoms with Crippen LogP contribution >= 0.6 is 0 Å². The highest BCUT2D eigenvalue weighted by Crippen LogP contribution is 2.41. The van der Waals surface area contributed by atoms with Crippen LogP contribution in [0.15, 0.2) is 48.5 Å². The Balaban J connectivity index is 1.43. The van der Waals surface area contributed by atoms with Gasteiger partial charge in [0.25, 0.3) is 0 Å². The van der Waals surface area contributed by atoms with E-state index in [9.17, 15) is 19.5 Å². The van der Waals surface area contributed by atoms with Gasteiger partial charge in [0.1, 0.15) is 17.2 Å². The number of hydrogen-bond acceptors (Lipinski definition) is 8. The summed E-state index contributed by atoms with van der Waals surface area (Å²) in [4.78, 5) is 39.9. The molecule has 4 rings (SSSR count). The smallest absolute Gasteiger partial charge is 0.227 e. The lowest BCUT2D eigenvalue weighted by Crippen LogP contribution is -2.34. The molecule has 3 aromatic rings. The summed E-state index contributed by atoms with van der Waals surface area (Å²) in [6.07, 6.45) is 0.881. The molecule has 2 aromatic carbocycles. The van der Waals surface area contributed by atoms with Gasteiger partial charge in [0.2, 0.25) is 11.8 Å². The number of para-hydroxylation sites is 1. The normalized spacial score (nSPS) is 13.1. The monoisotopic (exact) mass is 618 g/mol. The van der Waals surface area contributed by atoms with Crippen molar-refractivity contribution >= 4 is 23.3 Å². The molecule has 0 spiro atoms. The number of aliphatic hydroxyl groups excluding tert-OH is 1. The van der Waals surface area contributed by atoms with Crippen molar-refractivity contribution in [3.63, 3.8) is 0 Å². The Hall–Kier alpha value is -3.93. The molecule has 0 fully saturated rings. The minimum Gasteiger partial charge on any atom is -0.379 e. The lowest BCUT2D eigenvalue weighted by molar-refractivity contribution is -0.125. The number of fused-ring (bicyclic) bond motifs is 5. The zero-order valence-electron chi connectivity index (χ0n) is 26.8. The topological polar surface area (TPSA) is 139 Å². The van der Waals surface area contributed by atoms with E-state index in [1.54, 1.807) is 4.90 Å². The molecule has 0 saturated carbocycles. The molecule has 45 heavy (non-hydrogen) atoms. The number of hydrogen-bond donors (Lipinski definition) is 3. The van der Waals surface area contributed by atoms with E-state index in [4.69, 9.17) is 4.74 Å². The number of amides is 2. The number of aliphatic hydroxyl groups is 1. The Morgan fingerprint density at radius 1 is 0.933 bits per heavy atom. The van der Waals surface area contributed by atoms with Crippen molar-refractivity contribution in [1.82, 2.24) is 25.6 Å². The second kappa shape index (κ2) is 16.4. The van der Waals surface area contributed by atoms with Crippen LogP contribution in [0.1, 0.15) is 71.6 Å². The zero-order chi connectivity index (χ0) is 32.3. The molecule has 0 aliphatic carbocycles. The number of ketones is 1. The molecule has 11 nitrogen and oxygen atoms in total. The number of ether oxygens (including phenoxy) is 1. The maximum atomic E-state index is 13.8. The zero-order valence-corrected chi connectivity index (χ0v) is 26.8. The van der Waals surface area contributed by atoms with Gasteiger partial charge in [-0.15, -0.1) is 5.10 Å². The van der Waals surface area contributed by atoms with E-state index < -0.39 is 6.23 Å². The van der Waals surface area contributed by atoms with Gasteiger partial charge in [-0.1, -0.05) is 75.4 Å². The third-order valence-electron chi connectivity index (χ3n) is 7.70. The second-order valence-electron chi connectivity index (χ2n) is 12.1. The second-order valence-corrected chi connectivity index (χ2v) is 12.1. The average Bonchev–Trinajstić information content (AvgIpc) is 3.46. The fourth-order valence-electron chi connectivity index (χ4n) is 5.21. The van der Waals surface area contributed by atoms with Crippen LogP contribution in [0.4, 0.5) is 5.69 Å². The number of carbonyl (C=O) groups is 3. The van der Waals surface area contributed by atoms with E-state index in [0.717, 1.165) is 17.5 Å². The van der Waals surface area contributed by atoms with Crippen molar-refractivity contribution in [3.8, 4) is 22.5 Å². The minimum atomic E-state index is -0.981. The van der Waals surface area contributed by atoms with Crippen LogP contribution in [0.3, 0.4) is 0 Å². The van der Waals surface area contributed by atoms with E-state index in [2.05, 4.69) is 34.8 Å². The maximum Gasteiger partial charge on any atom is 0.227 e. The van der Waals surface area contributed by atoms with Gasteiger partial charge in [0.15, 0.2) is 6.23 Å². The average molecular weight is 619 g/mol. The molecule has 0 saturated heterocycles. The van der Waals surface area contributed by atoms with Crippen LogP contribution in [0.5, 0.6) is 0 Å². The number of nitrogens with zero attached hydrogens (tertiary/aromatic N) is 4. The van der Waals surface area contributed by atoms with Gasteiger partial charge in [-0.3, -0.25) is 14.4 Å². The Morgan fingerprint density at radius 2 is 1.67 bits per heavy atom. The first-order valence-electron chi connectivity index (χ1n) is 15.9. The maximum absolute atomic E-state index is 13.8. The first-order chi connectivity index (χ1) is 21.7. The Kier molecular flexibility index (Phi) is 12.4. The van der Waals surface area contributed by atoms with Crippen molar-refractivity contribution in [1.29, 1.82) is 0 Å². The van der Waals surface area contributed by atoms with Crippen molar-refractivity contribution in [3.05, 3.63) is 54.1 Å². The van der Waals surface area contributed by atoms with E-state index in [1.807, 2.05) is 62.4 Å². The number of rotatable bonds is 16. The summed E-state index contributed by atoms with van der Waals surface area (Å²) in [5.74, 6) is 0.243. The van der Waals surface area contributed by atoms with Crippen molar-refractivity contribution in [2.45, 2.75) is 78.6 Å². The number of Topliss-reactive ketones (excluding diaryl/α,β-unsaturated/α-hetero) is 1. The number of anilines is 1. The molecule has 2 heterocycles. The number of aromatic nitrogens is 3. The molecule has 1 aliphatic heterocycles. The molecule has 1 unspecified atom stereocenters. The summed E-state index contributed by atoms with van der Waals surface area (Å²) in [5, 5.41) is 26.0. The molecular weight excluding hydrogens is 572 g/mol. The SMILES string of the molecule is CC(C)CCC(=O)CCOCCNC(=O)CCC(=O)N1Cc2ccccc2-c2nnn(C(O)CNC(C)C)c2-c2ccccc21. The highest BCUT2D eigenvalue weighted by atomic mass is 16.5. The summed E-state index contributed by atoms with van der Waals surface area (Å²) in [7, 11) is 0. The molecule has 0 bridgehead atoms. The van der Waals surface area contributed by atoms with Crippen LogP contribution in [-0.2, 0) is 25.7 Å². The molecule has 1 aromatic heterocycles. The molecule has 242 valence electrons. The third-order valence-corrected chi connectivity index (χ3v) is 7.70. The van der Waals surface area contributed by atoms with Gasteiger partial charge in [-0.25, -0.2) is 4.68 Å². The highest BCUT2D eigenvalue weighted by Gasteiger charge is 2.30. The van der Waals surface area contributed by atoms with Crippen molar-refractivity contribution < 1.29 is 24.2 Å². The summed E-state index contributed by atoms with van der Waals surface area (Å²) >= 11 is 0. The van der Waals surface area contributed by atoms with Gasteiger partial charge in [-0.05, 0) is 24.0 Å². The summed E-state index contributed by atoms with van der Waals surface area (Å²) in [5.41, 5.74) is 4.33. The Labute approximate surface area is 265 Å². The van der Waals surface area contributed by atoms with Crippen LogP contribution < -0.4 is 15.5 Å². The number of nitrogens with one attached hydrogen (secondary N) is 2. The van der Waals surface area contributed by atoms with Crippen LogP contribution in [-0.4, -0.2) is 70.0 Å². The molecule has 2 amide bonds. The van der Waals surface area contributed by atoms with E-state index >= 15 is 0 Å². The molecule has 11 heteroatoms. The van der Waals surface area contributed by atoms with E-state index in [-0.39, 0.29) is 43.0 Å². The van der Waals surface area contributed by atoms with Gasteiger partial charge in [0.05, 0.1) is 25.4 Å². The van der Waals surface area contributed by atoms with Crippen LogP contribution in [0, 0.1) is 5.92 Å². The first-order valence-corrected chi connectivity index (χ1v) is 15.9. The standard InChI is InChI=1S/C34H46N6O5/c1-23(2)13-14-26(41)17-19-45-20-18-35-30(42)15-16-31(43)39-22-25-9-5-6-10-27(25)33-34(28-11-7-8-12-29(28)39)40(38-37-33)32(44)21-36-24(3)4/h5-12,23-24,32,36,44H,13-22H2,1-4H3,(H,35,42). The van der Waals surface area contributed by atoms with Crippen LogP contribution in [0.25, 0.3) is 22.5 Å². The fraction of sp³-hybridized carbons (Fsp3) is 0.500. The van der Waals surface area contributed by atoms with E-state index in [1.165, 1.54) is 4.68 Å². The molecule has 3 N–H and O–H groups in total. The largest absolute Gasteiger partial charge is 0.379 e. The third kappa shape index (κ3) is 9.29. The van der Waals surface area contributed by atoms with Gasteiger partial charge < -0.3 is 25.4 Å². The van der Waals surface area contributed by atoms with Gasteiger partial charge in [-0.2, -0.15) is 0 Å². The number of carbonyl (C=O) groups excluding carboxylic acids is 3. The minimum absolute atomic E-state index is 0.0127. The van der Waals surface area contributed by atoms with Gasteiger partial charge >= 0.3 is 0 Å². The Morgan fingerprint density at radius 3 is 2.42 bits per heavy atom. The molecular formula is C34H46N6O5. The molecule has 1 atom stereocenters. The lowest BCUT2D eigenvalue weighted by atomic mass is 9.95. The number of benzene rings is 2. The summed E-state index contributed by atoms with van der Waals surface area (Å²) < 4.78 is 7.02. The summed E-state index contributed by atoms with van der Waals surface area (Å²) in [6.45, 7) is 9.70. The van der Waals surface area contributed by atoms with Crippen LogP contribution in [0.2, 0.25) is 0 Å². The van der Waals surface area contributed by atoms with Crippen molar-refractivity contribution in [2.24, 2.45) is 5.92 Å². The fourth-order valence-corrected chi connectivity index (χ4v) is 5.21. The molecule has 0 radical (unpaired) electrons. The molecule has 1 aliphatic rings. The lowest BCUT2D eigenvalue weighted by Gasteiger charge is -2.29. The van der Waals surface area contributed by atoms with Gasteiger partial charge in [0, 0.05) is 55.9 Å². The van der Waals surface area contributed by atoms with E-state index in [0.29, 0.717) is 67.7 Å². The highest BCUT2D eigenvalue weighted by molar-refractivity contribution is 6.01. The Bertz CT molecular complexity index is 1450. The predicted molar refractivity (Wildman–Crippen MR) is 173 cm³/mol. The summed E-state index contributed by atoms with van der Waals surface area (Å²) in [6, 6.07) is 15.4.